The predicted octanol–water partition coefficient (Wildman–Crippen LogP) is 2.40. The van der Waals surface area contributed by atoms with Crippen LogP contribution in [0.2, 0.25) is 0 Å². The second-order valence-corrected chi connectivity index (χ2v) is 6.29. The Balaban J connectivity index is 1.50. The number of hydrogen-bond acceptors (Lipinski definition) is 6. The first kappa shape index (κ1) is 16.0. The molecule has 1 aliphatic heterocycles. The zero-order valence-electron chi connectivity index (χ0n) is 14.2. The number of nitrogen functional groups attached to an aromatic ring is 1. The van der Waals surface area contributed by atoms with E-state index in [1.54, 1.807) is 6.33 Å². The fourth-order valence-electron chi connectivity index (χ4n) is 3.26. The highest BCUT2D eigenvalue weighted by molar-refractivity contribution is 5.81. The van der Waals surface area contributed by atoms with E-state index < -0.39 is 5.79 Å². The highest BCUT2D eigenvalue weighted by Gasteiger charge is 2.37. The molecule has 1 aromatic carbocycles. The van der Waals surface area contributed by atoms with Gasteiger partial charge in [-0.2, -0.15) is 0 Å². The average molecular weight is 339 g/mol. The maximum atomic E-state index is 6.00. The van der Waals surface area contributed by atoms with Crippen LogP contribution < -0.4 is 5.73 Å². The largest absolute Gasteiger partial charge is 0.382 e. The van der Waals surface area contributed by atoms with Gasteiger partial charge in [-0.1, -0.05) is 29.8 Å². The predicted molar refractivity (Wildman–Crippen MR) is 93.7 cm³/mol. The third-order valence-corrected chi connectivity index (χ3v) is 4.58. The van der Waals surface area contributed by atoms with Crippen LogP contribution in [0.4, 0.5) is 5.82 Å². The molecule has 25 heavy (non-hydrogen) atoms. The molecule has 0 unspecified atom stereocenters. The Bertz CT molecular complexity index is 869. The number of nitrogens with two attached hydrogens (primary N) is 1. The topological polar surface area (TPSA) is 88.1 Å². The Labute approximate surface area is 145 Å². The Morgan fingerprint density at radius 1 is 1.12 bits per heavy atom. The summed E-state index contributed by atoms with van der Waals surface area (Å²) in [6, 6.07) is 8.35. The van der Waals surface area contributed by atoms with Crippen LogP contribution in [-0.4, -0.2) is 32.7 Å². The van der Waals surface area contributed by atoms with E-state index in [1.807, 2.05) is 4.57 Å². The van der Waals surface area contributed by atoms with Gasteiger partial charge in [-0.3, -0.25) is 0 Å². The molecule has 0 aliphatic carbocycles. The number of aromatic nitrogens is 4. The zero-order valence-corrected chi connectivity index (χ0v) is 14.2. The van der Waals surface area contributed by atoms with Gasteiger partial charge in [-0.15, -0.1) is 0 Å². The highest BCUT2D eigenvalue weighted by atomic mass is 16.7. The number of nitrogens with zero attached hydrogens (tertiary/aromatic N) is 4. The van der Waals surface area contributed by atoms with Crippen LogP contribution in [-0.2, 0) is 21.8 Å². The number of imidazole rings is 1. The molecule has 3 aromatic rings. The SMILES string of the molecule is Cc1ccc(C2(CCCn3cnc4c(N)ncnc43)OCCO2)cc1. The normalized spacial score (nSPS) is 16.5. The lowest BCUT2D eigenvalue weighted by Crippen LogP contribution is -2.27. The first-order valence-electron chi connectivity index (χ1n) is 8.44. The molecule has 7 heteroatoms. The second-order valence-electron chi connectivity index (χ2n) is 6.29. The van der Waals surface area contributed by atoms with Crippen molar-refractivity contribution in [3.8, 4) is 0 Å². The van der Waals surface area contributed by atoms with E-state index in [1.165, 1.54) is 11.9 Å². The third-order valence-electron chi connectivity index (χ3n) is 4.58. The number of anilines is 1. The molecule has 1 aliphatic rings. The Kier molecular flexibility index (Phi) is 4.10. The van der Waals surface area contributed by atoms with Crippen molar-refractivity contribution in [1.82, 2.24) is 19.5 Å². The first-order valence-corrected chi connectivity index (χ1v) is 8.44. The standard InChI is InChI=1S/C18H21N5O2/c1-13-3-5-14(6-4-13)18(24-9-10-25-18)7-2-8-23-12-22-15-16(19)20-11-21-17(15)23/h3-6,11-12H,2,7-10H2,1H3,(H2,19,20,21). The monoisotopic (exact) mass is 339 g/mol. The average Bonchev–Trinajstić information content (AvgIpc) is 3.25. The summed E-state index contributed by atoms with van der Waals surface area (Å²) in [5.41, 5.74) is 9.53. The quantitative estimate of drug-likeness (QED) is 0.768. The first-order chi connectivity index (χ1) is 12.2. The summed E-state index contributed by atoms with van der Waals surface area (Å²) in [7, 11) is 0. The Morgan fingerprint density at radius 2 is 1.88 bits per heavy atom. The molecule has 130 valence electrons. The van der Waals surface area contributed by atoms with Crippen molar-refractivity contribution >= 4 is 17.0 Å². The van der Waals surface area contributed by atoms with Crippen molar-refractivity contribution < 1.29 is 9.47 Å². The lowest BCUT2D eigenvalue weighted by Gasteiger charge is -2.28. The van der Waals surface area contributed by atoms with Gasteiger partial charge in [0.15, 0.2) is 17.3 Å². The van der Waals surface area contributed by atoms with Crippen molar-refractivity contribution in [2.45, 2.75) is 32.1 Å². The maximum absolute atomic E-state index is 6.00. The minimum atomic E-state index is -0.655. The van der Waals surface area contributed by atoms with E-state index in [-0.39, 0.29) is 0 Å². The van der Waals surface area contributed by atoms with E-state index in [4.69, 9.17) is 15.2 Å². The van der Waals surface area contributed by atoms with Gasteiger partial charge in [-0.25, -0.2) is 15.0 Å². The lowest BCUT2D eigenvalue weighted by molar-refractivity contribution is -0.172. The summed E-state index contributed by atoms with van der Waals surface area (Å²) in [6.07, 6.45) is 4.84. The molecule has 0 amide bonds. The molecule has 2 N–H and O–H groups in total. The molecule has 1 saturated heterocycles. The van der Waals surface area contributed by atoms with Crippen LogP contribution in [0, 0.1) is 6.92 Å². The van der Waals surface area contributed by atoms with E-state index in [9.17, 15) is 0 Å². The van der Waals surface area contributed by atoms with Crippen molar-refractivity contribution in [1.29, 1.82) is 0 Å². The number of benzene rings is 1. The molecule has 1 fully saturated rings. The molecule has 2 aromatic heterocycles. The van der Waals surface area contributed by atoms with Gasteiger partial charge in [0.2, 0.25) is 0 Å². The number of ether oxygens (including phenoxy) is 2. The van der Waals surface area contributed by atoms with Gasteiger partial charge < -0.3 is 19.8 Å². The lowest BCUT2D eigenvalue weighted by atomic mass is 9.99. The fraction of sp³-hybridized carbons (Fsp3) is 0.389. The summed E-state index contributed by atoms with van der Waals surface area (Å²) in [5.74, 6) is -0.250. The zero-order chi connectivity index (χ0) is 17.3. The van der Waals surface area contributed by atoms with E-state index in [0.717, 1.165) is 30.6 Å². The Morgan fingerprint density at radius 3 is 2.64 bits per heavy atom. The van der Waals surface area contributed by atoms with Gasteiger partial charge in [0.1, 0.15) is 11.8 Å². The molecule has 0 bridgehead atoms. The highest BCUT2D eigenvalue weighted by Crippen LogP contribution is 2.36. The number of aryl methyl sites for hydroxylation is 2. The fourth-order valence-corrected chi connectivity index (χ4v) is 3.26. The van der Waals surface area contributed by atoms with E-state index >= 15 is 0 Å². The van der Waals surface area contributed by atoms with Crippen LogP contribution in [0.5, 0.6) is 0 Å². The molecular formula is C18H21N5O2. The van der Waals surface area contributed by atoms with Crippen molar-refractivity contribution in [2.24, 2.45) is 0 Å². The minimum Gasteiger partial charge on any atom is -0.382 e. The second kappa shape index (κ2) is 6.42. The summed E-state index contributed by atoms with van der Waals surface area (Å²) >= 11 is 0. The van der Waals surface area contributed by atoms with Crippen LogP contribution in [0.1, 0.15) is 24.0 Å². The molecule has 0 atom stereocenters. The van der Waals surface area contributed by atoms with Crippen molar-refractivity contribution in [2.75, 3.05) is 18.9 Å². The third kappa shape index (κ3) is 2.96. The molecule has 4 rings (SSSR count). The molecule has 0 radical (unpaired) electrons. The molecular weight excluding hydrogens is 318 g/mol. The maximum Gasteiger partial charge on any atom is 0.195 e. The summed E-state index contributed by atoms with van der Waals surface area (Å²) in [6.45, 7) is 4.06. The van der Waals surface area contributed by atoms with Crippen LogP contribution >= 0.6 is 0 Å². The summed E-state index contributed by atoms with van der Waals surface area (Å²) < 4.78 is 14.0. The van der Waals surface area contributed by atoms with Crippen molar-refractivity contribution in [3.05, 3.63) is 48.0 Å². The van der Waals surface area contributed by atoms with Gasteiger partial charge in [-0.05, 0) is 13.3 Å². The molecule has 0 spiro atoms. The van der Waals surface area contributed by atoms with Gasteiger partial charge in [0.05, 0.1) is 19.5 Å². The van der Waals surface area contributed by atoms with E-state index in [2.05, 4.69) is 46.1 Å². The van der Waals surface area contributed by atoms with Crippen LogP contribution in [0.15, 0.2) is 36.9 Å². The van der Waals surface area contributed by atoms with Crippen molar-refractivity contribution in [3.63, 3.8) is 0 Å². The Hall–Kier alpha value is -2.51. The summed E-state index contributed by atoms with van der Waals surface area (Å²) in [4.78, 5) is 12.6. The smallest absolute Gasteiger partial charge is 0.195 e. The summed E-state index contributed by atoms with van der Waals surface area (Å²) in [5, 5.41) is 0. The molecule has 7 nitrogen and oxygen atoms in total. The minimum absolute atomic E-state index is 0.405. The number of fused-ring (bicyclic) bond motifs is 1. The number of hydrogen-bond donors (Lipinski definition) is 1. The molecule has 3 heterocycles. The molecule has 0 saturated carbocycles. The van der Waals surface area contributed by atoms with Crippen LogP contribution in [0.3, 0.4) is 0 Å². The van der Waals surface area contributed by atoms with Gasteiger partial charge in [0.25, 0.3) is 0 Å². The van der Waals surface area contributed by atoms with Crippen LogP contribution in [0.25, 0.3) is 11.2 Å². The number of rotatable bonds is 5. The van der Waals surface area contributed by atoms with Gasteiger partial charge in [0, 0.05) is 18.5 Å². The van der Waals surface area contributed by atoms with E-state index in [0.29, 0.717) is 24.5 Å². The van der Waals surface area contributed by atoms with Gasteiger partial charge >= 0.3 is 0 Å².